The SMILES string of the molecule is CCCCCCCC(=O)C1CNCCO1. The second kappa shape index (κ2) is 7.83. The lowest BCUT2D eigenvalue weighted by molar-refractivity contribution is -0.132. The number of rotatable bonds is 7. The summed E-state index contributed by atoms with van der Waals surface area (Å²) >= 11 is 0. The van der Waals surface area contributed by atoms with Gasteiger partial charge in [-0.3, -0.25) is 4.79 Å². The van der Waals surface area contributed by atoms with Gasteiger partial charge in [-0.15, -0.1) is 0 Å². The lowest BCUT2D eigenvalue weighted by atomic mass is 10.1. The number of hydrogen-bond acceptors (Lipinski definition) is 3. The summed E-state index contributed by atoms with van der Waals surface area (Å²) in [5, 5.41) is 3.18. The van der Waals surface area contributed by atoms with Crippen LogP contribution in [0.25, 0.3) is 0 Å². The van der Waals surface area contributed by atoms with Crippen molar-refractivity contribution in [2.24, 2.45) is 0 Å². The number of unbranched alkanes of at least 4 members (excludes halogenated alkanes) is 4. The molecule has 0 aromatic heterocycles. The largest absolute Gasteiger partial charge is 0.368 e. The molecule has 1 N–H and O–H groups in total. The van der Waals surface area contributed by atoms with Gasteiger partial charge in [0.2, 0.25) is 0 Å². The molecule has 1 heterocycles. The van der Waals surface area contributed by atoms with E-state index >= 15 is 0 Å². The molecule has 1 atom stereocenters. The predicted octanol–water partition coefficient (Wildman–Crippen LogP) is 1.90. The maximum atomic E-state index is 11.7. The molecule has 0 aromatic carbocycles. The molecule has 0 aromatic rings. The first kappa shape index (κ1) is 12.7. The number of ether oxygens (including phenoxy) is 1. The minimum Gasteiger partial charge on any atom is -0.368 e. The lowest BCUT2D eigenvalue weighted by Gasteiger charge is -2.22. The van der Waals surface area contributed by atoms with Gasteiger partial charge in [-0.1, -0.05) is 32.6 Å². The smallest absolute Gasteiger partial charge is 0.162 e. The molecule has 0 spiro atoms. The zero-order chi connectivity index (χ0) is 10.9. The van der Waals surface area contributed by atoms with E-state index in [-0.39, 0.29) is 11.9 Å². The minimum atomic E-state index is -0.176. The lowest BCUT2D eigenvalue weighted by Crippen LogP contribution is -2.43. The van der Waals surface area contributed by atoms with Crippen LogP contribution in [0.1, 0.15) is 45.4 Å². The van der Waals surface area contributed by atoms with Gasteiger partial charge in [0.1, 0.15) is 6.10 Å². The zero-order valence-electron chi connectivity index (χ0n) is 9.76. The van der Waals surface area contributed by atoms with Gasteiger partial charge in [0, 0.05) is 19.5 Å². The van der Waals surface area contributed by atoms with Crippen molar-refractivity contribution in [3.63, 3.8) is 0 Å². The van der Waals surface area contributed by atoms with Crippen molar-refractivity contribution in [2.75, 3.05) is 19.7 Å². The van der Waals surface area contributed by atoms with Crippen molar-refractivity contribution in [3.8, 4) is 0 Å². The number of carbonyl (C=O) groups excluding carboxylic acids is 1. The Morgan fingerprint density at radius 1 is 1.33 bits per heavy atom. The molecule has 1 aliphatic rings. The molecular weight excluding hydrogens is 190 g/mol. The second-order valence-corrected chi connectivity index (χ2v) is 4.19. The average Bonchev–Trinajstić information content (AvgIpc) is 2.30. The van der Waals surface area contributed by atoms with Crippen LogP contribution in [-0.4, -0.2) is 31.6 Å². The van der Waals surface area contributed by atoms with Crippen molar-refractivity contribution in [3.05, 3.63) is 0 Å². The molecule has 0 amide bonds. The first-order valence-corrected chi connectivity index (χ1v) is 6.19. The molecule has 3 nitrogen and oxygen atoms in total. The number of Topliss-reactive ketones (excluding diaryl/α,β-unsaturated/α-hetero) is 1. The van der Waals surface area contributed by atoms with Crippen LogP contribution in [0.2, 0.25) is 0 Å². The Hall–Kier alpha value is -0.410. The Labute approximate surface area is 92.6 Å². The quantitative estimate of drug-likeness (QED) is 0.656. The Balaban J connectivity index is 2.02. The van der Waals surface area contributed by atoms with Crippen LogP contribution in [0.15, 0.2) is 0 Å². The minimum absolute atomic E-state index is 0.176. The summed E-state index contributed by atoms with van der Waals surface area (Å²) in [5.74, 6) is 0.277. The summed E-state index contributed by atoms with van der Waals surface area (Å²) in [7, 11) is 0. The topological polar surface area (TPSA) is 38.3 Å². The molecule has 0 bridgehead atoms. The van der Waals surface area contributed by atoms with Gasteiger partial charge in [0.05, 0.1) is 6.61 Å². The summed E-state index contributed by atoms with van der Waals surface area (Å²) in [5.41, 5.74) is 0. The molecule has 1 unspecified atom stereocenters. The molecule has 0 radical (unpaired) electrons. The number of carbonyl (C=O) groups is 1. The summed E-state index contributed by atoms with van der Waals surface area (Å²) in [4.78, 5) is 11.7. The Kier molecular flexibility index (Phi) is 6.60. The molecule has 1 fully saturated rings. The third-order valence-corrected chi connectivity index (χ3v) is 2.81. The van der Waals surface area contributed by atoms with Gasteiger partial charge in [-0.2, -0.15) is 0 Å². The molecule has 1 saturated heterocycles. The average molecular weight is 213 g/mol. The van der Waals surface area contributed by atoms with Gasteiger partial charge >= 0.3 is 0 Å². The van der Waals surface area contributed by atoms with E-state index in [4.69, 9.17) is 4.74 Å². The van der Waals surface area contributed by atoms with E-state index in [1.54, 1.807) is 0 Å². The van der Waals surface area contributed by atoms with Crippen molar-refractivity contribution < 1.29 is 9.53 Å². The van der Waals surface area contributed by atoms with E-state index in [9.17, 15) is 4.79 Å². The van der Waals surface area contributed by atoms with Crippen molar-refractivity contribution in [1.29, 1.82) is 0 Å². The molecule has 15 heavy (non-hydrogen) atoms. The van der Waals surface area contributed by atoms with E-state index in [2.05, 4.69) is 12.2 Å². The van der Waals surface area contributed by atoms with Crippen LogP contribution in [0.5, 0.6) is 0 Å². The molecule has 0 saturated carbocycles. The fourth-order valence-electron chi connectivity index (χ4n) is 1.84. The molecule has 1 rings (SSSR count). The van der Waals surface area contributed by atoms with E-state index in [0.717, 1.165) is 13.0 Å². The number of hydrogen-bond donors (Lipinski definition) is 1. The van der Waals surface area contributed by atoms with E-state index in [0.29, 0.717) is 19.6 Å². The maximum Gasteiger partial charge on any atom is 0.162 e. The third kappa shape index (κ3) is 5.28. The third-order valence-electron chi connectivity index (χ3n) is 2.81. The van der Waals surface area contributed by atoms with Crippen LogP contribution in [0.3, 0.4) is 0 Å². The van der Waals surface area contributed by atoms with Crippen LogP contribution < -0.4 is 5.32 Å². The highest BCUT2D eigenvalue weighted by molar-refractivity contribution is 5.83. The Morgan fingerprint density at radius 3 is 2.80 bits per heavy atom. The zero-order valence-corrected chi connectivity index (χ0v) is 9.76. The standard InChI is InChI=1S/C12H23NO2/c1-2-3-4-5-6-7-11(14)12-10-13-8-9-15-12/h12-13H,2-10H2,1H3. The monoisotopic (exact) mass is 213 g/mol. The second-order valence-electron chi connectivity index (χ2n) is 4.19. The first-order chi connectivity index (χ1) is 7.34. The predicted molar refractivity (Wildman–Crippen MR) is 61.0 cm³/mol. The normalized spacial score (nSPS) is 21.5. The maximum absolute atomic E-state index is 11.7. The molecular formula is C12H23NO2. The van der Waals surface area contributed by atoms with Crippen LogP contribution in [0.4, 0.5) is 0 Å². The fraction of sp³-hybridized carbons (Fsp3) is 0.917. The van der Waals surface area contributed by atoms with Crippen molar-refractivity contribution >= 4 is 5.78 Å². The fourth-order valence-corrected chi connectivity index (χ4v) is 1.84. The van der Waals surface area contributed by atoms with E-state index in [1.165, 1.54) is 25.7 Å². The number of morpholine rings is 1. The van der Waals surface area contributed by atoms with Gasteiger partial charge in [-0.05, 0) is 6.42 Å². The summed E-state index contributed by atoms with van der Waals surface area (Å²) in [6.45, 7) is 4.45. The van der Waals surface area contributed by atoms with Gasteiger partial charge in [0.25, 0.3) is 0 Å². The summed E-state index contributed by atoms with van der Waals surface area (Å²) in [6.07, 6.45) is 6.52. The van der Waals surface area contributed by atoms with Gasteiger partial charge in [0.15, 0.2) is 5.78 Å². The Bertz CT molecular complexity index is 176. The van der Waals surface area contributed by atoms with Crippen molar-refractivity contribution in [2.45, 2.75) is 51.6 Å². The Morgan fingerprint density at radius 2 is 2.13 bits per heavy atom. The van der Waals surface area contributed by atoms with Crippen molar-refractivity contribution in [1.82, 2.24) is 5.32 Å². The summed E-state index contributed by atoms with van der Waals surface area (Å²) in [6, 6.07) is 0. The number of ketones is 1. The highest BCUT2D eigenvalue weighted by Crippen LogP contribution is 2.08. The molecule has 0 aliphatic carbocycles. The highest BCUT2D eigenvalue weighted by atomic mass is 16.5. The summed E-state index contributed by atoms with van der Waals surface area (Å²) < 4.78 is 5.41. The first-order valence-electron chi connectivity index (χ1n) is 6.19. The van der Waals surface area contributed by atoms with E-state index < -0.39 is 0 Å². The van der Waals surface area contributed by atoms with Crippen LogP contribution in [-0.2, 0) is 9.53 Å². The molecule has 3 heteroatoms. The van der Waals surface area contributed by atoms with Gasteiger partial charge in [-0.25, -0.2) is 0 Å². The highest BCUT2D eigenvalue weighted by Gasteiger charge is 2.20. The molecule has 1 aliphatic heterocycles. The van der Waals surface area contributed by atoms with Crippen LogP contribution in [0, 0.1) is 0 Å². The van der Waals surface area contributed by atoms with E-state index in [1.807, 2.05) is 0 Å². The molecule has 88 valence electrons. The van der Waals surface area contributed by atoms with Crippen LogP contribution >= 0.6 is 0 Å². The van der Waals surface area contributed by atoms with Gasteiger partial charge < -0.3 is 10.1 Å². The number of nitrogens with one attached hydrogen (secondary N) is 1.